The second-order valence-electron chi connectivity index (χ2n) is 8.77. The molecule has 5 rings (SSSR count). The van der Waals surface area contributed by atoms with Gasteiger partial charge in [-0.1, -0.05) is 30.1 Å². The average Bonchev–Trinajstić information content (AvgIpc) is 3.31. The Labute approximate surface area is 208 Å². The molecule has 0 aliphatic carbocycles. The molecule has 0 saturated carbocycles. The number of hydrogen-bond donors (Lipinski definition) is 1. The summed E-state index contributed by atoms with van der Waals surface area (Å²) in [5.74, 6) is 0.320. The first-order chi connectivity index (χ1) is 16.5. The maximum atomic E-state index is 13.4. The van der Waals surface area contributed by atoms with Crippen LogP contribution in [0.3, 0.4) is 0 Å². The number of carbonyl (C=O) groups excluding carboxylic acids is 1. The number of rotatable bonds is 4. The third-order valence-electron chi connectivity index (χ3n) is 6.74. The molecule has 7 nitrogen and oxygen atoms in total. The molecule has 2 aromatic heterocycles. The summed E-state index contributed by atoms with van der Waals surface area (Å²) in [6.07, 6.45) is 6.26. The molecule has 9 heteroatoms. The van der Waals surface area contributed by atoms with Gasteiger partial charge in [-0.05, 0) is 50.1 Å². The quantitative estimate of drug-likeness (QED) is 0.568. The van der Waals surface area contributed by atoms with Crippen LogP contribution in [-0.2, 0) is 6.42 Å². The summed E-state index contributed by atoms with van der Waals surface area (Å²) in [6.45, 7) is 5.44. The van der Waals surface area contributed by atoms with Gasteiger partial charge in [-0.3, -0.25) is 9.69 Å². The maximum absolute atomic E-state index is 13.4. The highest BCUT2D eigenvalue weighted by Crippen LogP contribution is 2.38. The Bertz CT molecular complexity index is 1210. The van der Waals surface area contributed by atoms with Crippen molar-refractivity contribution < 1.29 is 4.79 Å². The number of piperazine rings is 1. The number of nitrogens with two attached hydrogens (primary N) is 1. The summed E-state index contributed by atoms with van der Waals surface area (Å²) < 4.78 is 0. The normalized spacial score (nSPS) is 18.2. The van der Waals surface area contributed by atoms with E-state index in [0.717, 1.165) is 41.9 Å². The topological polar surface area (TPSA) is 88.2 Å². The number of benzene rings is 1. The van der Waals surface area contributed by atoms with Crippen LogP contribution in [0.1, 0.15) is 35.8 Å². The lowest BCUT2D eigenvalue weighted by Gasteiger charge is -2.37. The number of aryl methyl sites for hydroxylation is 1. The Morgan fingerprint density at radius 2 is 1.88 bits per heavy atom. The van der Waals surface area contributed by atoms with Crippen LogP contribution in [0.5, 0.6) is 0 Å². The molecule has 1 atom stereocenters. The number of nitrogens with zero attached hydrogens (tertiary/aromatic N) is 5. The van der Waals surface area contributed by atoms with Gasteiger partial charge in [0.05, 0.1) is 27.0 Å². The second-order valence-corrected chi connectivity index (χ2v) is 9.58. The molecule has 2 N–H and O–H groups in total. The molecule has 1 aromatic carbocycles. The molecule has 34 heavy (non-hydrogen) atoms. The van der Waals surface area contributed by atoms with Crippen molar-refractivity contribution in [3.8, 4) is 22.4 Å². The molecule has 4 heterocycles. The molecule has 176 valence electrons. The van der Waals surface area contributed by atoms with Crippen LogP contribution in [0, 0.1) is 0 Å². The number of pyridine rings is 1. The molecule has 1 amide bonds. The van der Waals surface area contributed by atoms with Crippen LogP contribution in [0.15, 0.2) is 36.8 Å². The summed E-state index contributed by atoms with van der Waals surface area (Å²) >= 11 is 13.4. The molecule has 2 aliphatic rings. The predicted molar refractivity (Wildman–Crippen MR) is 135 cm³/mol. The number of anilines is 1. The lowest BCUT2D eigenvalue weighted by atomic mass is 9.97. The fraction of sp³-hybridized carbons (Fsp3) is 0.360. The number of fused-ring (bicyclic) bond motifs is 1. The monoisotopic (exact) mass is 496 g/mol. The zero-order chi connectivity index (χ0) is 23.8. The van der Waals surface area contributed by atoms with Gasteiger partial charge in [0, 0.05) is 48.6 Å². The van der Waals surface area contributed by atoms with E-state index in [9.17, 15) is 4.79 Å². The lowest BCUT2D eigenvalue weighted by molar-refractivity contribution is 0.0571. The van der Waals surface area contributed by atoms with Crippen LogP contribution in [0.25, 0.3) is 22.4 Å². The van der Waals surface area contributed by atoms with E-state index < -0.39 is 0 Å². The van der Waals surface area contributed by atoms with Crippen molar-refractivity contribution in [2.24, 2.45) is 0 Å². The van der Waals surface area contributed by atoms with Crippen LogP contribution >= 0.6 is 23.2 Å². The highest BCUT2D eigenvalue weighted by atomic mass is 35.5. The van der Waals surface area contributed by atoms with E-state index in [1.165, 1.54) is 12.7 Å². The lowest BCUT2D eigenvalue weighted by Crippen LogP contribution is -2.52. The highest BCUT2D eigenvalue weighted by molar-refractivity contribution is 6.40. The van der Waals surface area contributed by atoms with Gasteiger partial charge in [0.25, 0.3) is 5.91 Å². The number of amides is 1. The van der Waals surface area contributed by atoms with Crippen molar-refractivity contribution in [1.29, 1.82) is 0 Å². The SMILES string of the molecule is CCc1ncnc(-c2cc(Cl)c(C(=O)N3CCN4CCC[C@H]4C3)c(Cl)c2)c1-c1ccc(N)nc1. The van der Waals surface area contributed by atoms with Crippen molar-refractivity contribution in [1.82, 2.24) is 24.8 Å². The van der Waals surface area contributed by atoms with Gasteiger partial charge < -0.3 is 10.6 Å². The minimum absolute atomic E-state index is 0.118. The molecule has 0 unspecified atom stereocenters. The van der Waals surface area contributed by atoms with E-state index in [-0.39, 0.29) is 5.91 Å². The van der Waals surface area contributed by atoms with E-state index in [1.54, 1.807) is 24.4 Å². The summed E-state index contributed by atoms with van der Waals surface area (Å²) in [5, 5.41) is 0.638. The predicted octanol–water partition coefficient (Wildman–Crippen LogP) is 4.58. The van der Waals surface area contributed by atoms with Crippen molar-refractivity contribution in [3.05, 3.63) is 58.1 Å². The van der Waals surface area contributed by atoms with Gasteiger partial charge in [0.1, 0.15) is 12.1 Å². The minimum Gasteiger partial charge on any atom is -0.384 e. The van der Waals surface area contributed by atoms with Crippen molar-refractivity contribution in [2.75, 3.05) is 31.9 Å². The van der Waals surface area contributed by atoms with Crippen LogP contribution < -0.4 is 5.73 Å². The second kappa shape index (κ2) is 9.49. The van der Waals surface area contributed by atoms with Gasteiger partial charge in [-0.15, -0.1) is 0 Å². The smallest absolute Gasteiger partial charge is 0.256 e. The van der Waals surface area contributed by atoms with Gasteiger partial charge in [-0.2, -0.15) is 0 Å². The van der Waals surface area contributed by atoms with Crippen LogP contribution in [-0.4, -0.2) is 62.9 Å². The molecule has 2 fully saturated rings. The highest BCUT2D eigenvalue weighted by Gasteiger charge is 2.34. The number of carbonyl (C=O) groups is 1. The number of nitrogen functional groups attached to an aromatic ring is 1. The summed E-state index contributed by atoms with van der Waals surface area (Å²) in [6, 6.07) is 7.61. The summed E-state index contributed by atoms with van der Waals surface area (Å²) in [5.41, 5.74) is 10.1. The molecular formula is C25H26Cl2N6O. The van der Waals surface area contributed by atoms with E-state index in [0.29, 0.717) is 52.7 Å². The average molecular weight is 497 g/mol. The summed E-state index contributed by atoms with van der Waals surface area (Å²) in [7, 11) is 0. The zero-order valence-corrected chi connectivity index (χ0v) is 20.5. The van der Waals surface area contributed by atoms with E-state index in [1.807, 2.05) is 17.9 Å². The largest absolute Gasteiger partial charge is 0.384 e. The molecule has 0 spiro atoms. The maximum Gasteiger partial charge on any atom is 0.256 e. The third-order valence-corrected chi connectivity index (χ3v) is 7.34. The number of aromatic nitrogens is 3. The molecule has 2 saturated heterocycles. The van der Waals surface area contributed by atoms with Crippen molar-refractivity contribution in [3.63, 3.8) is 0 Å². The van der Waals surface area contributed by atoms with Gasteiger partial charge >= 0.3 is 0 Å². The third kappa shape index (κ3) is 4.24. The Balaban J connectivity index is 1.52. The van der Waals surface area contributed by atoms with Gasteiger partial charge in [-0.25, -0.2) is 15.0 Å². The standard InChI is InChI=1S/C25H26Cl2N6O/c1-2-20-22(15-5-6-21(28)29-12-15)24(31-14-30-20)16-10-18(26)23(19(27)11-16)25(34)33-9-8-32-7-3-4-17(32)13-33/h5-6,10-12,14,17H,2-4,7-9,13H2,1H3,(H2,28,29)/t17-/m0/s1. The van der Waals surface area contributed by atoms with Crippen molar-refractivity contribution >= 4 is 34.9 Å². The molecule has 0 bridgehead atoms. The Morgan fingerprint density at radius 3 is 2.59 bits per heavy atom. The van der Waals surface area contributed by atoms with E-state index >= 15 is 0 Å². The van der Waals surface area contributed by atoms with Gasteiger partial charge in [0.15, 0.2) is 0 Å². The molecule has 3 aromatic rings. The fourth-order valence-electron chi connectivity index (χ4n) is 5.01. The van der Waals surface area contributed by atoms with Crippen molar-refractivity contribution in [2.45, 2.75) is 32.2 Å². The fourth-order valence-corrected chi connectivity index (χ4v) is 5.66. The van der Waals surface area contributed by atoms with E-state index in [2.05, 4.69) is 19.9 Å². The first-order valence-corrected chi connectivity index (χ1v) is 12.3. The molecule has 0 radical (unpaired) electrons. The first kappa shape index (κ1) is 23.0. The van der Waals surface area contributed by atoms with Crippen LogP contribution in [0.4, 0.5) is 5.82 Å². The minimum atomic E-state index is -0.118. The Hall–Kier alpha value is -2.74. The summed E-state index contributed by atoms with van der Waals surface area (Å²) in [4.78, 5) is 31.0. The number of hydrogen-bond acceptors (Lipinski definition) is 6. The number of halogens is 2. The Morgan fingerprint density at radius 1 is 1.09 bits per heavy atom. The van der Waals surface area contributed by atoms with E-state index in [4.69, 9.17) is 28.9 Å². The first-order valence-electron chi connectivity index (χ1n) is 11.5. The van der Waals surface area contributed by atoms with Crippen LogP contribution in [0.2, 0.25) is 10.0 Å². The van der Waals surface area contributed by atoms with Gasteiger partial charge in [0.2, 0.25) is 0 Å². The molecular weight excluding hydrogens is 471 g/mol. The zero-order valence-electron chi connectivity index (χ0n) is 19.0. The molecule has 2 aliphatic heterocycles. The Kier molecular flexibility index (Phi) is 6.42.